The van der Waals surface area contributed by atoms with Crippen LogP contribution < -0.4 is 0 Å². The smallest absolute Gasteiger partial charge is 0.331 e. The summed E-state index contributed by atoms with van der Waals surface area (Å²) in [4.78, 5) is 5.25. The number of alkyl halides is 3. The highest BCUT2D eigenvalue weighted by molar-refractivity contribution is 7.71. The zero-order valence-corrected chi connectivity index (χ0v) is 8.65. The van der Waals surface area contributed by atoms with Crippen LogP contribution >= 0.6 is 23.8 Å². The topological polar surface area (TPSA) is 31.6 Å². The Balaban J connectivity index is 2.78. The summed E-state index contributed by atoms with van der Waals surface area (Å²) in [6.45, 7) is 0. The second kappa shape index (κ2) is 3.24. The largest absolute Gasteiger partial charge is 0.416 e. The highest BCUT2D eigenvalue weighted by atomic mass is 35.5. The first-order valence-corrected chi connectivity index (χ1v) is 4.65. The van der Waals surface area contributed by atoms with Gasteiger partial charge in [-0.1, -0.05) is 11.6 Å². The number of rotatable bonds is 0. The lowest BCUT2D eigenvalue weighted by Crippen LogP contribution is -2.04. The fraction of sp³-hybridized carbons (Fsp3) is 0.125. The molecule has 80 valence electrons. The molecular formula is C8H4ClF3N2S. The van der Waals surface area contributed by atoms with Crippen molar-refractivity contribution in [1.82, 2.24) is 9.97 Å². The molecule has 1 aromatic carbocycles. The molecular weight excluding hydrogens is 249 g/mol. The SMILES string of the molecule is FC(F)(F)c1cc(Cl)c2[nH]c(=S)[nH]c2c1. The lowest BCUT2D eigenvalue weighted by atomic mass is 10.2. The highest BCUT2D eigenvalue weighted by Gasteiger charge is 2.31. The summed E-state index contributed by atoms with van der Waals surface area (Å²) < 4.78 is 37.4. The van der Waals surface area contributed by atoms with Crippen LogP contribution in [0.3, 0.4) is 0 Å². The Kier molecular flexibility index (Phi) is 2.27. The molecule has 2 nitrogen and oxygen atoms in total. The zero-order valence-electron chi connectivity index (χ0n) is 7.07. The molecule has 2 aromatic rings. The normalized spacial score (nSPS) is 12.3. The average Bonchev–Trinajstić information content (AvgIpc) is 2.44. The van der Waals surface area contributed by atoms with Gasteiger partial charge in [0.2, 0.25) is 0 Å². The first kappa shape index (κ1) is 10.5. The van der Waals surface area contributed by atoms with E-state index in [-0.39, 0.29) is 15.3 Å². The van der Waals surface area contributed by atoms with E-state index in [9.17, 15) is 13.2 Å². The molecule has 0 unspecified atom stereocenters. The molecule has 0 radical (unpaired) electrons. The van der Waals surface area contributed by atoms with Crippen molar-refractivity contribution in [2.75, 3.05) is 0 Å². The van der Waals surface area contributed by atoms with Crippen molar-refractivity contribution >= 4 is 34.9 Å². The molecule has 0 spiro atoms. The molecule has 2 N–H and O–H groups in total. The Bertz CT molecular complexity index is 569. The van der Waals surface area contributed by atoms with Gasteiger partial charge in [0.25, 0.3) is 0 Å². The second-order valence-corrected chi connectivity index (χ2v) is 3.77. The minimum Gasteiger partial charge on any atom is -0.331 e. The maximum Gasteiger partial charge on any atom is 0.416 e. The molecule has 1 heterocycles. The summed E-state index contributed by atoms with van der Waals surface area (Å²) in [7, 11) is 0. The summed E-state index contributed by atoms with van der Waals surface area (Å²) >= 11 is 10.4. The summed E-state index contributed by atoms with van der Waals surface area (Å²) in [5.74, 6) is 0. The molecule has 0 fully saturated rings. The second-order valence-electron chi connectivity index (χ2n) is 2.96. The fourth-order valence-corrected chi connectivity index (χ4v) is 1.74. The lowest BCUT2D eigenvalue weighted by Gasteiger charge is -2.06. The fourth-order valence-electron chi connectivity index (χ4n) is 1.26. The van der Waals surface area contributed by atoms with Crippen molar-refractivity contribution in [1.29, 1.82) is 0 Å². The predicted octanol–water partition coefficient (Wildman–Crippen LogP) is 3.90. The minimum absolute atomic E-state index is 0.00725. The molecule has 2 rings (SSSR count). The third-order valence-corrected chi connectivity index (χ3v) is 2.41. The molecule has 0 bridgehead atoms. The Hall–Kier alpha value is -1.01. The predicted molar refractivity (Wildman–Crippen MR) is 53.5 cm³/mol. The van der Waals surface area contributed by atoms with Gasteiger partial charge in [-0.2, -0.15) is 13.2 Å². The van der Waals surface area contributed by atoms with E-state index >= 15 is 0 Å². The summed E-state index contributed by atoms with van der Waals surface area (Å²) in [6, 6.07) is 1.83. The van der Waals surface area contributed by atoms with Crippen molar-refractivity contribution in [3.63, 3.8) is 0 Å². The standard InChI is InChI=1S/C8H4ClF3N2S/c9-4-1-3(8(10,11)12)2-5-6(4)14-7(15)13-5/h1-2H,(H2,13,14,15). The van der Waals surface area contributed by atoms with Gasteiger partial charge < -0.3 is 9.97 Å². The molecule has 7 heteroatoms. The molecule has 15 heavy (non-hydrogen) atoms. The van der Waals surface area contributed by atoms with Crippen molar-refractivity contribution in [2.45, 2.75) is 6.18 Å². The molecule has 1 aromatic heterocycles. The van der Waals surface area contributed by atoms with E-state index in [1.165, 1.54) is 0 Å². The molecule has 0 atom stereocenters. The van der Waals surface area contributed by atoms with Gasteiger partial charge in [0.1, 0.15) is 0 Å². The van der Waals surface area contributed by atoms with Crippen LogP contribution in [-0.4, -0.2) is 9.97 Å². The first-order chi connectivity index (χ1) is 6.88. The van der Waals surface area contributed by atoms with Crippen LogP contribution in [0.1, 0.15) is 5.56 Å². The number of fused-ring (bicyclic) bond motifs is 1. The van der Waals surface area contributed by atoms with Crippen LogP contribution in [0.4, 0.5) is 13.2 Å². The van der Waals surface area contributed by atoms with E-state index in [1.54, 1.807) is 0 Å². The summed E-state index contributed by atoms with van der Waals surface area (Å²) in [6.07, 6.45) is -4.41. The number of halogens is 4. The van der Waals surface area contributed by atoms with Gasteiger partial charge in [-0.15, -0.1) is 0 Å². The average molecular weight is 253 g/mol. The van der Waals surface area contributed by atoms with Gasteiger partial charge in [-0.25, -0.2) is 0 Å². The number of imidazole rings is 1. The molecule has 0 saturated heterocycles. The van der Waals surface area contributed by atoms with Crippen LogP contribution in [0.25, 0.3) is 11.0 Å². The van der Waals surface area contributed by atoms with Gasteiger partial charge in [0.05, 0.1) is 21.6 Å². The highest BCUT2D eigenvalue weighted by Crippen LogP contribution is 2.33. The van der Waals surface area contributed by atoms with E-state index in [2.05, 4.69) is 9.97 Å². The quantitative estimate of drug-likeness (QED) is 0.685. The van der Waals surface area contributed by atoms with Crippen LogP contribution in [0, 0.1) is 4.77 Å². The number of aromatic nitrogens is 2. The molecule has 0 aliphatic rings. The van der Waals surface area contributed by atoms with Gasteiger partial charge >= 0.3 is 6.18 Å². The minimum atomic E-state index is -4.41. The van der Waals surface area contributed by atoms with Crippen LogP contribution in [-0.2, 0) is 6.18 Å². The summed E-state index contributed by atoms with van der Waals surface area (Å²) in [5, 5.41) is -0.00725. The maximum atomic E-state index is 12.4. The monoisotopic (exact) mass is 252 g/mol. The number of nitrogens with one attached hydrogen (secondary N) is 2. The van der Waals surface area contributed by atoms with E-state index in [0.717, 1.165) is 12.1 Å². The number of benzene rings is 1. The third-order valence-electron chi connectivity index (χ3n) is 1.90. The molecule has 0 aliphatic heterocycles. The van der Waals surface area contributed by atoms with Crippen LogP contribution in [0.15, 0.2) is 12.1 Å². The van der Waals surface area contributed by atoms with Gasteiger partial charge in [0.15, 0.2) is 4.77 Å². The van der Waals surface area contributed by atoms with Gasteiger partial charge in [0, 0.05) is 0 Å². The third kappa shape index (κ3) is 1.87. The number of H-pyrrole nitrogens is 2. The van der Waals surface area contributed by atoms with E-state index in [0.29, 0.717) is 5.52 Å². The summed E-state index contributed by atoms with van der Waals surface area (Å²) in [5.41, 5.74) is -0.167. The Labute approximate surface area is 92.1 Å². The zero-order chi connectivity index (χ0) is 11.2. The van der Waals surface area contributed by atoms with E-state index in [4.69, 9.17) is 23.8 Å². The maximum absolute atomic E-state index is 12.4. The molecule has 0 saturated carbocycles. The number of hydrogen-bond acceptors (Lipinski definition) is 1. The van der Waals surface area contributed by atoms with Crippen LogP contribution in [0.2, 0.25) is 5.02 Å². The van der Waals surface area contributed by atoms with E-state index < -0.39 is 11.7 Å². The molecule has 0 amide bonds. The molecule has 0 aliphatic carbocycles. The Morgan fingerprint density at radius 3 is 2.47 bits per heavy atom. The number of hydrogen-bond donors (Lipinski definition) is 2. The van der Waals surface area contributed by atoms with Crippen molar-refractivity contribution in [3.05, 3.63) is 27.5 Å². The van der Waals surface area contributed by atoms with Crippen molar-refractivity contribution < 1.29 is 13.2 Å². The Morgan fingerprint density at radius 1 is 1.20 bits per heavy atom. The van der Waals surface area contributed by atoms with Gasteiger partial charge in [-0.3, -0.25) is 0 Å². The lowest BCUT2D eigenvalue weighted by molar-refractivity contribution is -0.137. The Morgan fingerprint density at radius 2 is 1.87 bits per heavy atom. The van der Waals surface area contributed by atoms with Crippen molar-refractivity contribution in [3.8, 4) is 0 Å². The number of aromatic amines is 2. The first-order valence-electron chi connectivity index (χ1n) is 3.86. The van der Waals surface area contributed by atoms with Crippen molar-refractivity contribution in [2.24, 2.45) is 0 Å². The van der Waals surface area contributed by atoms with Crippen LogP contribution in [0.5, 0.6) is 0 Å². The van der Waals surface area contributed by atoms with Gasteiger partial charge in [-0.05, 0) is 24.4 Å². The van der Waals surface area contributed by atoms with E-state index in [1.807, 2.05) is 0 Å².